The number of pyridine rings is 1. The van der Waals surface area contributed by atoms with E-state index >= 15 is 0 Å². The number of imidazole rings is 1. The highest BCUT2D eigenvalue weighted by molar-refractivity contribution is 7.91. The lowest BCUT2D eigenvalue weighted by Gasteiger charge is -2.05. The van der Waals surface area contributed by atoms with E-state index in [1.165, 1.54) is 6.26 Å². The van der Waals surface area contributed by atoms with Gasteiger partial charge in [-0.05, 0) is 37.4 Å². The standard InChI is InChI=1S/C13H17N3O2S/c1-14-6-11-8-16-7-10(9-3-4-9)5-12(13(16)15-11)19(2,17)18/h5,7-9,14H,3-4,6H2,1-2H3. The van der Waals surface area contributed by atoms with Crippen molar-refractivity contribution >= 4 is 15.5 Å². The van der Waals surface area contributed by atoms with E-state index in [0.717, 1.165) is 24.1 Å². The van der Waals surface area contributed by atoms with Gasteiger partial charge in [0.15, 0.2) is 15.5 Å². The summed E-state index contributed by atoms with van der Waals surface area (Å²) >= 11 is 0. The SMILES string of the molecule is CNCc1cn2cc(C3CC3)cc(S(C)(=O)=O)c2n1. The number of rotatable bonds is 4. The molecule has 2 aromatic rings. The third-order valence-electron chi connectivity index (χ3n) is 3.39. The summed E-state index contributed by atoms with van der Waals surface area (Å²) in [4.78, 5) is 4.74. The van der Waals surface area contributed by atoms with Gasteiger partial charge in [0.05, 0.1) is 5.69 Å². The third kappa shape index (κ3) is 2.37. The van der Waals surface area contributed by atoms with Crippen molar-refractivity contribution in [3.63, 3.8) is 0 Å². The van der Waals surface area contributed by atoms with Gasteiger partial charge in [-0.3, -0.25) is 0 Å². The maximum absolute atomic E-state index is 11.9. The molecule has 0 radical (unpaired) electrons. The molecule has 3 rings (SSSR count). The smallest absolute Gasteiger partial charge is 0.179 e. The van der Waals surface area contributed by atoms with Crippen molar-refractivity contribution in [3.05, 3.63) is 29.7 Å². The normalized spacial score (nSPS) is 16.1. The van der Waals surface area contributed by atoms with Gasteiger partial charge in [0.2, 0.25) is 0 Å². The second kappa shape index (κ2) is 4.31. The molecule has 0 bridgehead atoms. The first kappa shape index (κ1) is 12.6. The third-order valence-corrected chi connectivity index (χ3v) is 4.49. The van der Waals surface area contributed by atoms with Crippen molar-refractivity contribution in [1.82, 2.24) is 14.7 Å². The van der Waals surface area contributed by atoms with E-state index in [-0.39, 0.29) is 0 Å². The van der Waals surface area contributed by atoms with Crippen LogP contribution >= 0.6 is 0 Å². The van der Waals surface area contributed by atoms with Gasteiger partial charge < -0.3 is 9.72 Å². The van der Waals surface area contributed by atoms with E-state index in [1.807, 2.05) is 23.8 Å². The molecule has 0 aromatic carbocycles. The Labute approximate surface area is 112 Å². The van der Waals surface area contributed by atoms with Gasteiger partial charge in [-0.15, -0.1) is 0 Å². The molecule has 5 nitrogen and oxygen atoms in total. The zero-order valence-electron chi connectivity index (χ0n) is 11.0. The minimum Gasteiger partial charge on any atom is -0.314 e. The molecule has 19 heavy (non-hydrogen) atoms. The highest BCUT2D eigenvalue weighted by Crippen LogP contribution is 2.41. The quantitative estimate of drug-likeness (QED) is 0.917. The Balaban J connectivity index is 2.24. The van der Waals surface area contributed by atoms with Gasteiger partial charge in [0.25, 0.3) is 0 Å². The van der Waals surface area contributed by atoms with Gasteiger partial charge in [0, 0.05) is 25.2 Å². The van der Waals surface area contributed by atoms with Gasteiger partial charge in [-0.1, -0.05) is 0 Å². The minimum atomic E-state index is -3.26. The summed E-state index contributed by atoms with van der Waals surface area (Å²) in [5, 5.41) is 3.03. The van der Waals surface area contributed by atoms with Crippen molar-refractivity contribution in [2.45, 2.75) is 30.2 Å². The number of nitrogens with one attached hydrogen (secondary N) is 1. The number of hydrogen-bond donors (Lipinski definition) is 1. The molecule has 0 saturated heterocycles. The van der Waals surface area contributed by atoms with Crippen molar-refractivity contribution in [1.29, 1.82) is 0 Å². The zero-order valence-corrected chi connectivity index (χ0v) is 11.9. The maximum Gasteiger partial charge on any atom is 0.179 e. The Kier molecular flexibility index (Phi) is 2.87. The average Bonchev–Trinajstić information content (AvgIpc) is 3.08. The summed E-state index contributed by atoms with van der Waals surface area (Å²) in [5.74, 6) is 0.514. The van der Waals surface area contributed by atoms with Gasteiger partial charge in [-0.25, -0.2) is 13.4 Å². The van der Waals surface area contributed by atoms with Crippen LogP contribution in [0.3, 0.4) is 0 Å². The van der Waals surface area contributed by atoms with Crippen molar-refractivity contribution in [2.24, 2.45) is 0 Å². The van der Waals surface area contributed by atoms with E-state index in [2.05, 4.69) is 10.3 Å². The van der Waals surface area contributed by atoms with Crippen molar-refractivity contribution in [3.8, 4) is 0 Å². The average molecular weight is 279 g/mol. The van der Waals surface area contributed by atoms with Gasteiger partial charge >= 0.3 is 0 Å². The fourth-order valence-electron chi connectivity index (χ4n) is 2.32. The first-order valence-electron chi connectivity index (χ1n) is 6.35. The first-order chi connectivity index (χ1) is 8.99. The molecule has 1 aliphatic rings. The molecule has 6 heteroatoms. The predicted molar refractivity (Wildman–Crippen MR) is 73.0 cm³/mol. The molecule has 0 spiro atoms. The molecule has 1 fully saturated rings. The van der Waals surface area contributed by atoms with Crippen LogP contribution in [0.1, 0.15) is 30.0 Å². The highest BCUT2D eigenvalue weighted by atomic mass is 32.2. The second-order valence-electron chi connectivity index (χ2n) is 5.18. The van der Waals surface area contributed by atoms with Crippen LogP contribution in [0.4, 0.5) is 0 Å². The summed E-state index contributed by atoms with van der Waals surface area (Å²) in [6.45, 7) is 0.629. The Hall–Kier alpha value is -1.40. The number of hydrogen-bond acceptors (Lipinski definition) is 4. The summed E-state index contributed by atoms with van der Waals surface area (Å²) in [5.41, 5.74) is 2.47. The van der Waals surface area contributed by atoms with Crippen molar-refractivity contribution < 1.29 is 8.42 Å². The zero-order chi connectivity index (χ0) is 13.6. The summed E-state index contributed by atoms with van der Waals surface area (Å²) in [7, 11) is -1.42. The van der Waals surface area contributed by atoms with E-state index in [4.69, 9.17) is 0 Å². The lowest BCUT2D eigenvalue weighted by molar-refractivity contribution is 0.602. The summed E-state index contributed by atoms with van der Waals surface area (Å²) in [6, 6.07) is 1.79. The van der Waals surface area contributed by atoms with Crippen LogP contribution in [0.2, 0.25) is 0 Å². The van der Waals surface area contributed by atoms with E-state index < -0.39 is 9.84 Å². The summed E-state index contributed by atoms with van der Waals surface area (Å²) in [6.07, 6.45) is 7.44. The van der Waals surface area contributed by atoms with Crippen LogP contribution in [0, 0.1) is 0 Å². The van der Waals surface area contributed by atoms with E-state index in [1.54, 1.807) is 6.07 Å². The van der Waals surface area contributed by atoms with Crippen LogP contribution in [-0.2, 0) is 16.4 Å². The van der Waals surface area contributed by atoms with Crippen LogP contribution < -0.4 is 5.32 Å². The topological polar surface area (TPSA) is 63.5 Å². The Morgan fingerprint density at radius 1 is 1.42 bits per heavy atom. The fraction of sp³-hybridized carbons (Fsp3) is 0.462. The van der Waals surface area contributed by atoms with Crippen LogP contribution in [0.15, 0.2) is 23.4 Å². The molecule has 2 aromatic heterocycles. The van der Waals surface area contributed by atoms with Crippen LogP contribution in [0.5, 0.6) is 0 Å². The molecule has 1 aliphatic carbocycles. The molecule has 0 atom stereocenters. The number of aromatic nitrogens is 2. The van der Waals surface area contributed by atoms with Crippen molar-refractivity contribution in [2.75, 3.05) is 13.3 Å². The first-order valence-corrected chi connectivity index (χ1v) is 8.24. The monoisotopic (exact) mass is 279 g/mol. The second-order valence-corrected chi connectivity index (χ2v) is 7.16. The number of sulfone groups is 1. The Bertz CT molecular complexity index is 730. The molecule has 0 amide bonds. The van der Waals surface area contributed by atoms with Crippen LogP contribution in [-0.4, -0.2) is 31.1 Å². The van der Waals surface area contributed by atoms with E-state index in [0.29, 0.717) is 23.0 Å². The number of nitrogens with zero attached hydrogens (tertiary/aromatic N) is 2. The number of fused-ring (bicyclic) bond motifs is 1. The largest absolute Gasteiger partial charge is 0.314 e. The van der Waals surface area contributed by atoms with E-state index in [9.17, 15) is 8.42 Å². The molecule has 1 saturated carbocycles. The Morgan fingerprint density at radius 2 is 2.16 bits per heavy atom. The minimum absolute atomic E-state index is 0.333. The molecule has 0 unspecified atom stereocenters. The lowest BCUT2D eigenvalue weighted by atomic mass is 10.2. The molecular formula is C13H17N3O2S. The maximum atomic E-state index is 11.9. The Morgan fingerprint density at radius 3 is 2.74 bits per heavy atom. The summed E-state index contributed by atoms with van der Waals surface area (Å²) < 4.78 is 25.7. The van der Waals surface area contributed by atoms with Crippen LogP contribution in [0.25, 0.3) is 5.65 Å². The highest BCUT2D eigenvalue weighted by Gasteiger charge is 2.26. The van der Waals surface area contributed by atoms with Gasteiger partial charge in [0.1, 0.15) is 4.90 Å². The molecular weight excluding hydrogens is 262 g/mol. The fourth-order valence-corrected chi connectivity index (χ4v) is 3.15. The molecule has 102 valence electrons. The molecule has 0 aliphatic heterocycles. The van der Waals surface area contributed by atoms with Gasteiger partial charge in [-0.2, -0.15) is 0 Å². The molecule has 2 heterocycles. The lowest BCUT2D eigenvalue weighted by Crippen LogP contribution is -2.05. The molecule has 1 N–H and O–H groups in total. The predicted octanol–water partition coefficient (Wildman–Crippen LogP) is 1.33.